The Morgan fingerprint density at radius 1 is 0.825 bits per heavy atom. The van der Waals surface area contributed by atoms with Crippen LogP contribution in [-0.2, 0) is 35.0 Å². The van der Waals surface area contributed by atoms with E-state index in [4.69, 9.17) is 18.9 Å². The van der Waals surface area contributed by atoms with Crippen LogP contribution in [0.4, 0.5) is 9.59 Å². The van der Waals surface area contributed by atoms with Gasteiger partial charge >= 0.3 is 24.1 Å². The number of carbonyl (C=O) groups excluding carboxylic acids is 4. The maximum Gasteiger partial charge on any atom is 0.408 e. The molecular formula is C27H42N2O11. The Labute approximate surface area is 234 Å². The SMILES string of the molecule is CC(C)(C)OC(=O)NCC(=O)OC[C@H](O)[C@@H](O)[C@H](O)CCOC(=O)[C@H](Cc1ccccc1)NC(=O)OC(C)(C)C. The molecule has 13 nitrogen and oxygen atoms in total. The number of carbonyl (C=O) groups is 4. The third-order valence-electron chi connectivity index (χ3n) is 4.90. The standard InChI is InChI=1S/C27H42N2O11/c1-26(2,3)39-24(35)28-15-21(32)38-16-20(31)22(33)19(30)12-13-37-23(34)18(14-17-10-8-7-9-11-17)29-25(36)40-27(4,5)6/h7-11,18-20,22,30-31,33H,12-16H2,1-6H3,(H,28,35)(H,29,36)/t18-,19+,20-,22-/m0/s1. The Hall–Kier alpha value is -3.42. The van der Waals surface area contributed by atoms with Gasteiger partial charge in [-0.15, -0.1) is 0 Å². The minimum absolute atomic E-state index is 0.122. The van der Waals surface area contributed by atoms with Crippen LogP contribution in [0.2, 0.25) is 0 Å². The van der Waals surface area contributed by atoms with Gasteiger partial charge in [0.05, 0.1) is 12.7 Å². The van der Waals surface area contributed by atoms with Gasteiger partial charge < -0.3 is 44.9 Å². The van der Waals surface area contributed by atoms with Crippen LogP contribution in [0.3, 0.4) is 0 Å². The normalized spacial score (nSPS) is 14.6. The lowest BCUT2D eigenvalue weighted by atomic mass is 10.1. The maximum absolute atomic E-state index is 12.7. The molecule has 4 atom stereocenters. The van der Waals surface area contributed by atoms with E-state index in [0.29, 0.717) is 0 Å². The van der Waals surface area contributed by atoms with Gasteiger partial charge in [-0.1, -0.05) is 30.3 Å². The van der Waals surface area contributed by atoms with E-state index in [2.05, 4.69) is 10.6 Å². The van der Waals surface area contributed by atoms with E-state index < -0.39 is 72.8 Å². The minimum Gasteiger partial charge on any atom is -0.464 e. The van der Waals surface area contributed by atoms with Crippen LogP contribution in [0, 0.1) is 0 Å². The molecule has 13 heteroatoms. The predicted molar refractivity (Wildman–Crippen MR) is 142 cm³/mol. The Bertz CT molecular complexity index is 957. The molecule has 5 N–H and O–H groups in total. The van der Waals surface area contributed by atoms with E-state index in [0.717, 1.165) is 5.56 Å². The molecule has 0 aliphatic carbocycles. The molecule has 1 aromatic carbocycles. The monoisotopic (exact) mass is 570 g/mol. The van der Waals surface area contributed by atoms with Crippen molar-refractivity contribution in [3.63, 3.8) is 0 Å². The molecule has 0 radical (unpaired) electrons. The first-order valence-corrected chi connectivity index (χ1v) is 12.8. The molecule has 0 aromatic heterocycles. The van der Waals surface area contributed by atoms with Gasteiger partial charge in [0, 0.05) is 12.8 Å². The van der Waals surface area contributed by atoms with Crippen molar-refractivity contribution in [2.75, 3.05) is 19.8 Å². The number of nitrogens with one attached hydrogen (secondary N) is 2. The van der Waals surface area contributed by atoms with E-state index in [-0.39, 0.29) is 19.4 Å². The highest BCUT2D eigenvalue weighted by molar-refractivity contribution is 5.81. The lowest BCUT2D eigenvalue weighted by molar-refractivity contribution is -0.153. The molecule has 0 saturated carbocycles. The van der Waals surface area contributed by atoms with Crippen molar-refractivity contribution in [1.82, 2.24) is 10.6 Å². The molecule has 1 rings (SSSR count). The Kier molecular flexibility index (Phi) is 13.8. The van der Waals surface area contributed by atoms with Crippen LogP contribution in [0.25, 0.3) is 0 Å². The summed E-state index contributed by atoms with van der Waals surface area (Å²) in [6.07, 6.45) is -6.70. The second kappa shape index (κ2) is 16.0. The quantitative estimate of drug-likeness (QED) is 0.169. The Balaban J connectivity index is 2.53. The summed E-state index contributed by atoms with van der Waals surface area (Å²) in [5.74, 6) is -1.69. The molecule has 226 valence electrons. The van der Waals surface area contributed by atoms with Crippen molar-refractivity contribution in [3.05, 3.63) is 35.9 Å². The number of benzene rings is 1. The van der Waals surface area contributed by atoms with E-state index in [1.165, 1.54) is 0 Å². The number of aliphatic hydroxyl groups is 3. The summed E-state index contributed by atoms with van der Waals surface area (Å²) in [6, 6.07) is 7.84. The summed E-state index contributed by atoms with van der Waals surface area (Å²) in [5, 5.41) is 35.1. The summed E-state index contributed by atoms with van der Waals surface area (Å²) in [4.78, 5) is 48.3. The lowest BCUT2D eigenvalue weighted by Gasteiger charge is -2.24. The zero-order valence-electron chi connectivity index (χ0n) is 23.8. The van der Waals surface area contributed by atoms with Gasteiger partial charge in [-0.05, 0) is 47.1 Å². The van der Waals surface area contributed by atoms with Crippen molar-refractivity contribution in [3.8, 4) is 0 Å². The van der Waals surface area contributed by atoms with Crippen molar-refractivity contribution < 1.29 is 53.4 Å². The molecule has 0 aliphatic rings. The van der Waals surface area contributed by atoms with E-state index in [1.807, 2.05) is 0 Å². The van der Waals surface area contributed by atoms with Crippen LogP contribution >= 0.6 is 0 Å². The number of aliphatic hydroxyl groups excluding tert-OH is 3. The molecule has 0 unspecified atom stereocenters. The first-order valence-electron chi connectivity index (χ1n) is 12.8. The van der Waals surface area contributed by atoms with Crippen LogP contribution in [-0.4, -0.2) is 94.8 Å². The van der Waals surface area contributed by atoms with Crippen molar-refractivity contribution in [2.24, 2.45) is 0 Å². The fourth-order valence-corrected chi connectivity index (χ4v) is 3.09. The fraction of sp³-hybridized carbons (Fsp3) is 0.630. The maximum atomic E-state index is 12.7. The molecule has 40 heavy (non-hydrogen) atoms. The molecule has 2 amide bonds. The lowest BCUT2D eigenvalue weighted by Crippen LogP contribution is -2.46. The zero-order valence-corrected chi connectivity index (χ0v) is 23.8. The van der Waals surface area contributed by atoms with Gasteiger partial charge in [0.1, 0.15) is 42.6 Å². The largest absolute Gasteiger partial charge is 0.464 e. The smallest absolute Gasteiger partial charge is 0.408 e. The van der Waals surface area contributed by atoms with Crippen LogP contribution < -0.4 is 10.6 Å². The first-order chi connectivity index (χ1) is 18.5. The third kappa shape index (κ3) is 15.2. The van der Waals surface area contributed by atoms with E-state index >= 15 is 0 Å². The summed E-state index contributed by atoms with van der Waals surface area (Å²) in [6.45, 7) is 8.46. The van der Waals surface area contributed by atoms with Crippen LogP contribution in [0.1, 0.15) is 53.5 Å². The average Bonchev–Trinajstić information content (AvgIpc) is 2.83. The number of rotatable bonds is 13. The van der Waals surface area contributed by atoms with Crippen molar-refractivity contribution >= 4 is 24.1 Å². The van der Waals surface area contributed by atoms with Crippen molar-refractivity contribution in [1.29, 1.82) is 0 Å². The number of hydrogen-bond donors (Lipinski definition) is 5. The summed E-state index contributed by atoms with van der Waals surface area (Å²) >= 11 is 0. The summed E-state index contributed by atoms with van der Waals surface area (Å²) < 4.78 is 20.2. The molecule has 0 spiro atoms. The molecule has 0 bridgehead atoms. The van der Waals surface area contributed by atoms with Gasteiger partial charge in [0.2, 0.25) is 0 Å². The van der Waals surface area contributed by atoms with Gasteiger partial charge in [-0.25, -0.2) is 14.4 Å². The number of alkyl carbamates (subject to hydrolysis) is 2. The van der Waals surface area contributed by atoms with Gasteiger partial charge in [0.15, 0.2) is 0 Å². The molecule has 0 fully saturated rings. The molecule has 1 aromatic rings. The minimum atomic E-state index is -1.73. The predicted octanol–water partition coefficient (Wildman–Crippen LogP) is 1.21. The highest BCUT2D eigenvalue weighted by Crippen LogP contribution is 2.11. The third-order valence-corrected chi connectivity index (χ3v) is 4.90. The van der Waals surface area contributed by atoms with Crippen molar-refractivity contribution in [2.45, 2.75) is 89.9 Å². The summed E-state index contributed by atoms with van der Waals surface area (Å²) in [5.41, 5.74) is -0.777. The Morgan fingerprint density at radius 3 is 1.98 bits per heavy atom. The fourth-order valence-electron chi connectivity index (χ4n) is 3.09. The molecule has 0 heterocycles. The number of hydrogen-bond acceptors (Lipinski definition) is 11. The van der Waals surface area contributed by atoms with Crippen LogP contribution in [0.5, 0.6) is 0 Å². The molecular weight excluding hydrogens is 528 g/mol. The van der Waals surface area contributed by atoms with E-state index in [9.17, 15) is 34.5 Å². The van der Waals surface area contributed by atoms with Gasteiger partial charge in [0.25, 0.3) is 0 Å². The Morgan fingerprint density at radius 2 is 1.40 bits per heavy atom. The molecule has 0 aliphatic heterocycles. The van der Waals surface area contributed by atoms with Crippen LogP contribution in [0.15, 0.2) is 30.3 Å². The second-order valence-electron chi connectivity index (χ2n) is 11.0. The number of ether oxygens (including phenoxy) is 4. The topological polar surface area (TPSA) is 190 Å². The second-order valence-corrected chi connectivity index (χ2v) is 11.0. The first kappa shape index (κ1) is 34.6. The van der Waals surface area contributed by atoms with E-state index in [1.54, 1.807) is 71.9 Å². The van der Waals surface area contributed by atoms with Gasteiger partial charge in [-0.3, -0.25) is 4.79 Å². The number of esters is 2. The highest BCUT2D eigenvalue weighted by Gasteiger charge is 2.29. The van der Waals surface area contributed by atoms with Gasteiger partial charge in [-0.2, -0.15) is 0 Å². The highest BCUT2D eigenvalue weighted by atomic mass is 16.6. The average molecular weight is 571 g/mol. The number of amides is 2. The zero-order chi connectivity index (χ0) is 30.5. The molecule has 0 saturated heterocycles. The summed E-state index contributed by atoms with van der Waals surface area (Å²) in [7, 11) is 0.